The van der Waals surface area contributed by atoms with Gasteiger partial charge >= 0.3 is 0 Å². The van der Waals surface area contributed by atoms with Crippen LogP contribution < -0.4 is 0 Å². The third-order valence-electron chi connectivity index (χ3n) is 2.54. The number of nitrogens with zero attached hydrogens (tertiary/aromatic N) is 1. The molecule has 0 spiro atoms. The van der Waals surface area contributed by atoms with E-state index in [1.54, 1.807) is 0 Å². The van der Waals surface area contributed by atoms with Crippen molar-refractivity contribution in [2.24, 2.45) is 0 Å². The monoisotopic (exact) mass is 209 g/mol. The number of hydrogen-bond donors (Lipinski definition) is 0. The van der Waals surface area contributed by atoms with E-state index >= 15 is 0 Å². The molecule has 0 amide bonds. The summed E-state index contributed by atoms with van der Waals surface area (Å²) in [6.45, 7) is 4.26. The molecule has 0 aliphatic heterocycles. The minimum absolute atomic E-state index is 0.255. The van der Waals surface area contributed by atoms with Crippen LogP contribution in [0.25, 0.3) is 0 Å². The van der Waals surface area contributed by atoms with Gasteiger partial charge in [0.05, 0.1) is 6.54 Å². The van der Waals surface area contributed by atoms with E-state index in [2.05, 4.69) is 6.58 Å². The largest absolute Gasteiger partial charge is 0.345 e. The van der Waals surface area contributed by atoms with E-state index < -0.39 is 0 Å². The number of ketones is 1. The molecule has 1 heterocycles. The fourth-order valence-electron chi connectivity index (χ4n) is 1.92. The molecule has 0 radical (unpaired) electrons. The Morgan fingerprint density at radius 2 is 2.36 bits per heavy atom. The van der Waals surface area contributed by atoms with Crippen LogP contribution in [0.4, 0.5) is 0 Å². The predicted octanol–water partition coefficient (Wildman–Crippen LogP) is 2.76. The number of aromatic nitrogens is 1. The van der Waals surface area contributed by atoms with Crippen LogP contribution in [0.5, 0.6) is 0 Å². The third-order valence-corrected chi connectivity index (χ3v) is 2.66. The normalized spacial score (nSPS) is 15.4. The van der Waals surface area contributed by atoms with Gasteiger partial charge in [0.2, 0.25) is 0 Å². The molecule has 74 valence electrons. The molecule has 2 rings (SSSR count). The Morgan fingerprint density at radius 3 is 3.07 bits per heavy atom. The summed E-state index contributed by atoms with van der Waals surface area (Å²) in [4.78, 5) is 11.5. The highest BCUT2D eigenvalue weighted by molar-refractivity contribution is 6.29. The van der Waals surface area contributed by atoms with Gasteiger partial charge in [-0.2, -0.15) is 0 Å². The number of halogens is 1. The van der Waals surface area contributed by atoms with Crippen LogP contribution in [-0.2, 0) is 13.0 Å². The number of Topliss-reactive ketones (excluding diaryl/α,β-unsaturated/α-hetero) is 1. The maximum atomic E-state index is 11.5. The minimum Gasteiger partial charge on any atom is -0.345 e. The molecule has 0 atom stereocenters. The van der Waals surface area contributed by atoms with Gasteiger partial charge in [0, 0.05) is 28.9 Å². The number of carbonyl (C=O) groups excluding carboxylic acids is 1. The van der Waals surface area contributed by atoms with Crippen LogP contribution in [0, 0.1) is 0 Å². The van der Waals surface area contributed by atoms with Crippen LogP contribution in [0.3, 0.4) is 0 Å². The van der Waals surface area contributed by atoms with Crippen molar-refractivity contribution in [1.82, 2.24) is 4.57 Å². The second kappa shape index (κ2) is 3.62. The Bertz CT molecular complexity index is 392. The van der Waals surface area contributed by atoms with E-state index in [9.17, 15) is 4.79 Å². The smallest absolute Gasteiger partial charge is 0.164 e. The molecule has 3 heteroatoms. The van der Waals surface area contributed by atoms with Crippen molar-refractivity contribution in [2.75, 3.05) is 0 Å². The Morgan fingerprint density at radius 1 is 1.57 bits per heavy atom. The lowest BCUT2D eigenvalue weighted by Gasteiger charge is -2.14. The number of carbonyl (C=O) groups is 1. The summed E-state index contributed by atoms with van der Waals surface area (Å²) in [5.41, 5.74) is 1.98. The van der Waals surface area contributed by atoms with E-state index in [1.807, 2.05) is 16.8 Å². The average Bonchev–Trinajstić information content (AvgIpc) is 2.49. The molecule has 0 saturated carbocycles. The van der Waals surface area contributed by atoms with Crippen molar-refractivity contribution >= 4 is 17.4 Å². The fraction of sp³-hybridized carbons (Fsp3) is 0.364. The van der Waals surface area contributed by atoms with E-state index in [0.29, 0.717) is 18.0 Å². The van der Waals surface area contributed by atoms with Crippen molar-refractivity contribution < 1.29 is 4.79 Å². The first-order valence-corrected chi connectivity index (χ1v) is 5.11. The van der Waals surface area contributed by atoms with Crippen LogP contribution >= 0.6 is 11.6 Å². The van der Waals surface area contributed by atoms with Gasteiger partial charge < -0.3 is 4.57 Å². The first kappa shape index (κ1) is 9.53. The van der Waals surface area contributed by atoms with Crippen LogP contribution in [-0.4, -0.2) is 10.4 Å². The van der Waals surface area contributed by atoms with Crippen molar-refractivity contribution in [3.8, 4) is 0 Å². The first-order chi connectivity index (χ1) is 6.68. The SMILES string of the molecule is C=C(Cl)Cn1ccc2c1CCCC2=O. The third kappa shape index (κ3) is 1.62. The average molecular weight is 210 g/mol. The molecule has 0 saturated heterocycles. The van der Waals surface area contributed by atoms with E-state index in [1.165, 1.54) is 0 Å². The van der Waals surface area contributed by atoms with Gasteiger partial charge in [-0.3, -0.25) is 4.79 Å². The van der Waals surface area contributed by atoms with Crippen molar-refractivity contribution in [3.63, 3.8) is 0 Å². The zero-order valence-corrected chi connectivity index (χ0v) is 8.68. The van der Waals surface area contributed by atoms with Crippen molar-refractivity contribution in [3.05, 3.63) is 35.1 Å². The van der Waals surface area contributed by atoms with Gasteiger partial charge in [-0.1, -0.05) is 18.2 Å². The summed E-state index contributed by atoms with van der Waals surface area (Å²) < 4.78 is 2.02. The second-order valence-electron chi connectivity index (χ2n) is 3.60. The molecule has 1 aliphatic rings. The molecular formula is C11H12ClNO. The molecule has 0 fully saturated rings. The molecule has 1 aromatic heterocycles. The van der Waals surface area contributed by atoms with Crippen molar-refractivity contribution in [1.29, 1.82) is 0 Å². The minimum atomic E-state index is 0.255. The molecule has 0 aromatic carbocycles. The maximum absolute atomic E-state index is 11.5. The molecule has 1 aliphatic carbocycles. The Balaban J connectivity index is 2.35. The number of allylic oxidation sites excluding steroid dienone is 1. The van der Waals surface area contributed by atoms with Gasteiger partial charge in [0.1, 0.15) is 0 Å². The van der Waals surface area contributed by atoms with Crippen LogP contribution in [0.2, 0.25) is 0 Å². The lowest BCUT2D eigenvalue weighted by atomic mass is 9.97. The van der Waals surface area contributed by atoms with Gasteiger partial charge in [0.25, 0.3) is 0 Å². The van der Waals surface area contributed by atoms with Gasteiger partial charge in [-0.25, -0.2) is 0 Å². The van der Waals surface area contributed by atoms with Crippen LogP contribution in [0.1, 0.15) is 28.9 Å². The van der Waals surface area contributed by atoms with Gasteiger partial charge in [-0.15, -0.1) is 0 Å². The summed E-state index contributed by atoms with van der Waals surface area (Å²) in [6.07, 6.45) is 4.52. The molecule has 0 unspecified atom stereocenters. The highest BCUT2D eigenvalue weighted by Crippen LogP contribution is 2.23. The quantitative estimate of drug-likeness (QED) is 0.734. The van der Waals surface area contributed by atoms with Gasteiger partial charge in [0.15, 0.2) is 5.78 Å². The van der Waals surface area contributed by atoms with Crippen molar-refractivity contribution in [2.45, 2.75) is 25.8 Å². The van der Waals surface area contributed by atoms with E-state index in [0.717, 1.165) is 24.1 Å². The standard InChI is InChI=1S/C11H12ClNO/c1-8(12)7-13-6-5-9-10(13)3-2-4-11(9)14/h5-6H,1-4,7H2. The highest BCUT2D eigenvalue weighted by Gasteiger charge is 2.20. The zero-order valence-electron chi connectivity index (χ0n) is 7.92. The molecule has 1 aromatic rings. The molecule has 14 heavy (non-hydrogen) atoms. The molecular weight excluding hydrogens is 198 g/mol. The Hall–Kier alpha value is -1.02. The van der Waals surface area contributed by atoms with Gasteiger partial charge in [-0.05, 0) is 18.9 Å². The summed E-state index contributed by atoms with van der Waals surface area (Å²) in [6, 6.07) is 1.89. The predicted molar refractivity (Wildman–Crippen MR) is 56.7 cm³/mol. The lowest BCUT2D eigenvalue weighted by Crippen LogP contribution is -2.13. The number of rotatable bonds is 2. The maximum Gasteiger partial charge on any atom is 0.164 e. The summed E-state index contributed by atoms with van der Waals surface area (Å²) >= 11 is 5.75. The highest BCUT2D eigenvalue weighted by atomic mass is 35.5. The summed E-state index contributed by atoms with van der Waals surface area (Å²) in [7, 11) is 0. The number of hydrogen-bond acceptors (Lipinski definition) is 1. The van der Waals surface area contributed by atoms with E-state index in [-0.39, 0.29) is 5.78 Å². The Kier molecular flexibility index (Phi) is 2.46. The second-order valence-corrected chi connectivity index (χ2v) is 4.13. The first-order valence-electron chi connectivity index (χ1n) is 4.73. The molecule has 2 nitrogen and oxygen atoms in total. The summed E-state index contributed by atoms with van der Waals surface area (Å²) in [5, 5.41) is 0.599. The lowest BCUT2D eigenvalue weighted by molar-refractivity contribution is 0.0972. The topological polar surface area (TPSA) is 22.0 Å². The van der Waals surface area contributed by atoms with Crippen LogP contribution in [0.15, 0.2) is 23.9 Å². The van der Waals surface area contributed by atoms with E-state index in [4.69, 9.17) is 11.6 Å². The molecule has 0 bridgehead atoms. The zero-order chi connectivity index (χ0) is 10.1. The Labute approximate surface area is 88.2 Å². The number of fused-ring (bicyclic) bond motifs is 1. The summed E-state index contributed by atoms with van der Waals surface area (Å²) in [5.74, 6) is 0.255. The fourth-order valence-corrected chi connectivity index (χ4v) is 2.05. The molecule has 0 N–H and O–H groups in total.